The molecule has 29 heavy (non-hydrogen) atoms. The average Bonchev–Trinajstić information content (AvgIpc) is 3.26. The van der Waals surface area contributed by atoms with Crippen LogP contribution in [0.3, 0.4) is 0 Å². The Hall–Kier alpha value is -2.84. The second kappa shape index (κ2) is 7.88. The van der Waals surface area contributed by atoms with Gasteiger partial charge in [-0.15, -0.1) is 11.3 Å². The number of rotatable bonds is 5. The summed E-state index contributed by atoms with van der Waals surface area (Å²) >= 11 is 4.74. The highest BCUT2D eigenvalue weighted by Crippen LogP contribution is 2.28. The van der Waals surface area contributed by atoms with Gasteiger partial charge in [-0.3, -0.25) is 19.3 Å². The topological polar surface area (TPSA) is 79.4 Å². The summed E-state index contributed by atoms with van der Waals surface area (Å²) in [6.45, 7) is 2.05. The van der Waals surface area contributed by atoms with Crippen molar-refractivity contribution in [2.75, 3.05) is 11.9 Å². The standard InChI is InChI=1S/C21H16BrN3O3S/c1-2-25-19(27)15-5-3-4-13(18(15)20(25)28)10-17(26)24-21-23-16(11-29-21)12-6-8-14(22)9-7-12/h3-9,11H,2,10H2,1H3,(H,23,24,26). The molecule has 3 amide bonds. The van der Waals surface area contributed by atoms with Gasteiger partial charge >= 0.3 is 0 Å². The summed E-state index contributed by atoms with van der Waals surface area (Å²) in [5, 5.41) is 5.14. The van der Waals surface area contributed by atoms with Gasteiger partial charge in [0, 0.05) is 22.0 Å². The van der Waals surface area contributed by atoms with E-state index in [2.05, 4.69) is 26.2 Å². The second-order valence-electron chi connectivity index (χ2n) is 6.46. The Morgan fingerprint density at radius 2 is 1.90 bits per heavy atom. The van der Waals surface area contributed by atoms with Crippen LogP contribution >= 0.6 is 27.3 Å². The van der Waals surface area contributed by atoms with Gasteiger partial charge < -0.3 is 5.32 Å². The number of nitrogens with zero attached hydrogens (tertiary/aromatic N) is 2. The Morgan fingerprint density at radius 3 is 2.62 bits per heavy atom. The molecule has 0 aliphatic carbocycles. The van der Waals surface area contributed by atoms with Gasteiger partial charge in [0.1, 0.15) is 0 Å². The van der Waals surface area contributed by atoms with Crippen molar-refractivity contribution in [1.82, 2.24) is 9.88 Å². The van der Waals surface area contributed by atoms with Crippen LogP contribution in [-0.2, 0) is 11.2 Å². The summed E-state index contributed by atoms with van der Waals surface area (Å²) < 4.78 is 0.982. The fraction of sp³-hybridized carbons (Fsp3) is 0.143. The molecule has 0 unspecified atom stereocenters. The van der Waals surface area contributed by atoms with E-state index in [1.807, 2.05) is 29.6 Å². The Kier molecular flexibility index (Phi) is 5.29. The molecule has 0 fully saturated rings. The summed E-state index contributed by atoms with van der Waals surface area (Å²) in [7, 11) is 0. The highest BCUT2D eigenvalue weighted by Gasteiger charge is 2.36. The van der Waals surface area contributed by atoms with Crippen LogP contribution in [0.25, 0.3) is 11.3 Å². The third-order valence-corrected chi connectivity index (χ3v) is 5.93. The number of hydrogen-bond acceptors (Lipinski definition) is 5. The zero-order valence-corrected chi connectivity index (χ0v) is 17.8. The van der Waals surface area contributed by atoms with E-state index in [1.54, 1.807) is 25.1 Å². The molecule has 0 atom stereocenters. The van der Waals surface area contributed by atoms with Crippen LogP contribution in [0.2, 0.25) is 0 Å². The maximum atomic E-state index is 12.6. The van der Waals surface area contributed by atoms with E-state index in [9.17, 15) is 14.4 Å². The maximum absolute atomic E-state index is 12.6. The molecule has 2 heterocycles. The molecular weight excluding hydrogens is 454 g/mol. The Morgan fingerprint density at radius 1 is 1.14 bits per heavy atom. The highest BCUT2D eigenvalue weighted by molar-refractivity contribution is 9.10. The van der Waals surface area contributed by atoms with Crippen LogP contribution < -0.4 is 5.32 Å². The van der Waals surface area contributed by atoms with Gasteiger partial charge in [-0.2, -0.15) is 0 Å². The molecule has 1 N–H and O–H groups in total. The third kappa shape index (κ3) is 3.73. The smallest absolute Gasteiger partial charge is 0.261 e. The minimum atomic E-state index is -0.345. The van der Waals surface area contributed by atoms with Crippen LogP contribution in [0.15, 0.2) is 52.3 Å². The van der Waals surface area contributed by atoms with Crippen LogP contribution in [0.5, 0.6) is 0 Å². The van der Waals surface area contributed by atoms with E-state index in [0.29, 0.717) is 28.4 Å². The number of carbonyl (C=O) groups excluding carboxylic acids is 3. The van der Waals surface area contributed by atoms with Gasteiger partial charge in [0.25, 0.3) is 11.8 Å². The number of aromatic nitrogens is 1. The molecule has 4 rings (SSSR count). The first-order valence-electron chi connectivity index (χ1n) is 8.97. The van der Waals surface area contributed by atoms with E-state index < -0.39 is 0 Å². The fourth-order valence-electron chi connectivity index (χ4n) is 3.26. The van der Waals surface area contributed by atoms with Crippen LogP contribution in [0.4, 0.5) is 5.13 Å². The normalized spacial score (nSPS) is 13.0. The van der Waals surface area contributed by atoms with Crippen molar-refractivity contribution in [3.63, 3.8) is 0 Å². The lowest BCUT2D eigenvalue weighted by Crippen LogP contribution is -2.29. The van der Waals surface area contributed by atoms with Gasteiger partial charge in [-0.25, -0.2) is 4.98 Å². The SMILES string of the molecule is CCN1C(=O)c2cccc(CC(=O)Nc3nc(-c4ccc(Br)cc4)cs3)c2C1=O. The molecule has 0 saturated carbocycles. The molecule has 1 aliphatic rings. The lowest BCUT2D eigenvalue weighted by atomic mass is 10.00. The molecule has 6 nitrogen and oxygen atoms in total. The quantitative estimate of drug-likeness (QED) is 0.562. The predicted molar refractivity (Wildman–Crippen MR) is 115 cm³/mol. The molecule has 0 spiro atoms. The number of thiazole rings is 1. The number of fused-ring (bicyclic) bond motifs is 1. The van der Waals surface area contributed by atoms with Crippen molar-refractivity contribution in [2.24, 2.45) is 0 Å². The lowest BCUT2D eigenvalue weighted by Gasteiger charge is -2.10. The number of carbonyl (C=O) groups is 3. The van der Waals surface area contributed by atoms with Gasteiger partial charge in [0.15, 0.2) is 5.13 Å². The summed E-state index contributed by atoms with van der Waals surface area (Å²) in [6, 6.07) is 12.8. The van der Waals surface area contributed by atoms with Crippen molar-refractivity contribution < 1.29 is 14.4 Å². The zero-order valence-electron chi connectivity index (χ0n) is 15.4. The Balaban J connectivity index is 1.50. The summed E-state index contributed by atoms with van der Waals surface area (Å²) in [6.07, 6.45) is -0.00700. The van der Waals surface area contributed by atoms with Gasteiger partial charge in [-0.05, 0) is 30.7 Å². The Labute approximate surface area is 179 Å². The van der Waals surface area contributed by atoms with E-state index in [0.717, 1.165) is 15.7 Å². The molecule has 0 saturated heterocycles. The molecule has 0 radical (unpaired) electrons. The average molecular weight is 470 g/mol. The number of halogens is 1. The Bertz CT molecular complexity index is 1120. The van der Waals surface area contributed by atoms with Crippen LogP contribution in [0, 0.1) is 0 Å². The summed E-state index contributed by atoms with van der Waals surface area (Å²) in [4.78, 5) is 43.1. The molecule has 8 heteroatoms. The number of anilines is 1. The number of imide groups is 1. The van der Waals surface area contributed by atoms with Gasteiger partial charge in [0.2, 0.25) is 5.91 Å². The first-order valence-corrected chi connectivity index (χ1v) is 10.6. The third-order valence-electron chi connectivity index (χ3n) is 4.64. The minimum absolute atomic E-state index is 0.00700. The maximum Gasteiger partial charge on any atom is 0.261 e. The first kappa shape index (κ1) is 19.5. The molecule has 1 aromatic heterocycles. The number of amides is 3. The molecule has 146 valence electrons. The molecule has 1 aliphatic heterocycles. The monoisotopic (exact) mass is 469 g/mol. The predicted octanol–water partition coefficient (Wildman–Crippen LogP) is 4.37. The summed E-state index contributed by atoms with van der Waals surface area (Å²) in [5.41, 5.74) is 2.95. The molecule has 2 aromatic carbocycles. The van der Waals surface area contributed by atoms with Crippen molar-refractivity contribution in [3.8, 4) is 11.3 Å². The largest absolute Gasteiger partial charge is 0.302 e. The van der Waals surface area contributed by atoms with E-state index in [1.165, 1.54) is 16.2 Å². The second-order valence-corrected chi connectivity index (χ2v) is 8.24. The first-order chi connectivity index (χ1) is 14.0. The van der Waals surface area contributed by atoms with Crippen LogP contribution in [-0.4, -0.2) is 34.2 Å². The van der Waals surface area contributed by atoms with E-state index >= 15 is 0 Å². The summed E-state index contributed by atoms with van der Waals surface area (Å²) in [5.74, 6) is -0.943. The number of benzene rings is 2. The van der Waals surface area contributed by atoms with Crippen molar-refractivity contribution in [1.29, 1.82) is 0 Å². The fourth-order valence-corrected chi connectivity index (χ4v) is 4.26. The van der Waals surface area contributed by atoms with Gasteiger partial charge in [0.05, 0.1) is 23.2 Å². The molecular formula is C21H16BrN3O3S. The minimum Gasteiger partial charge on any atom is -0.302 e. The lowest BCUT2D eigenvalue weighted by molar-refractivity contribution is -0.115. The van der Waals surface area contributed by atoms with Gasteiger partial charge in [-0.1, -0.05) is 40.2 Å². The van der Waals surface area contributed by atoms with Crippen molar-refractivity contribution in [3.05, 3.63) is 69.0 Å². The number of nitrogens with one attached hydrogen (secondary N) is 1. The van der Waals surface area contributed by atoms with Crippen LogP contribution in [0.1, 0.15) is 33.2 Å². The van der Waals surface area contributed by atoms with Crippen molar-refractivity contribution in [2.45, 2.75) is 13.3 Å². The molecule has 0 bridgehead atoms. The van der Waals surface area contributed by atoms with E-state index in [-0.39, 0.29) is 24.1 Å². The zero-order chi connectivity index (χ0) is 20.5. The molecule has 3 aromatic rings. The highest BCUT2D eigenvalue weighted by atomic mass is 79.9. The van der Waals surface area contributed by atoms with E-state index in [4.69, 9.17) is 0 Å². The van der Waals surface area contributed by atoms with Crippen molar-refractivity contribution >= 4 is 50.1 Å². The number of hydrogen-bond donors (Lipinski definition) is 1.